The van der Waals surface area contributed by atoms with Gasteiger partial charge in [-0.25, -0.2) is 8.42 Å². The van der Waals surface area contributed by atoms with Gasteiger partial charge in [0.25, 0.3) is 0 Å². The number of aromatic nitrogens is 3. The highest BCUT2D eigenvalue weighted by atomic mass is 32.2. The van der Waals surface area contributed by atoms with Crippen molar-refractivity contribution in [1.82, 2.24) is 24.8 Å². The number of aromatic amines is 1. The van der Waals surface area contributed by atoms with E-state index in [4.69, 9.17) is 17.0 Å². The topological polar surface area (TPSA) is 118 Å². The number of nitrogens with one attached hydrogen (secondary N) is 3. The third-order valence-corrected chi connectivity index (χ3v) is 5.76. The third kappa shape index (κ3) is 5.37. The van der Waals surface area contributed by atoms with Crippen molar-refractivity contribution in [1.29, 1.82) is 0 Å². The number of sulfonamides is 1. The first-order valence-corrected chi connectivity index (χ1v) is 10.3. The minimum absolute atomic E-state index is 0.0569. The standard InChI is InChI=1S/C16H23N5O4S2/c1-4-21-14(18-19-16(21)26)9-10-17-15(22)11(2)20-27(23,24)13-7-5-12(25-3)6-8-13/h5-8,11,20H,4,9-10H2,1-3H3,(H,17,22)(H,19,26)/t11-/m0/s1. The quantitative estimate of drug-likeness (QED) is 0.528. The van der Waals surface area contributed by atoms with Crippen molar-refractivity contribution in [3.05, 3.63) is 34.9 Å². The third-order valence-electron chi connectivity index (χ3n) is 3.90. The van der Waals surface area contributed by atoms with Gasteiger partial charge in [-0.05, 0) is 50.3 Å². The van der Waals surface area contributed by atoms with E-state index in [1.807, 2.05) is 11.5 Å². The highest BCUT2D eigenvalue weighted by molar-refractivity contribution is 7.89. The number of ether oxygens (including phenoxy) is 1. The smallest absolute Gasteiger partial charge is 0.241 e. The van der Waals surface area contributed by atoms with Crippen LogP contribution >= 0.6 is 12.2 Å². The van der Waals surface area contributed by atoms with Crippen molar-refractivity contribution in [2.75, 3.05) is 13.7 Å². The van der Waals surface area contributed by atoms with Gasteiger partial charge in [0, 0.05) is 19.5 Å². The predicted octanol–water partition coefficient (Wildman–Crippen LogP) is 0.995. The highest BCUT2D eigenvalue weighted by Gasteiger charge is 2.22. The fourth-order valence-corrected chi connectivity index (χ4v) is 3.91. The summed E-state index contributed by atoms with van der Waals surface area (Å²) in [6.07, 6.45) is 0.477. The van der Waals surface area contributed by atoms with Gasteiger partial charge in [0.15, 0.2) is 4.77 Å². The fraction of sp³-hybridized carbons (Fsp3) is 0.438. The van der Waals surface area contributed by atoms with Crippen LogP contribution in [-0.2, 0) is 27.8 Å². The van der Waals surface area contributed by atoms with Crippen LogP contribution in [0.5, 0.6) is 5.75 Å². The Bertz CT molecular complexity index is 934. The first-order valence-electron chi connectivity index (χ1n) is 8.36. The van der Waals surface area contributed by atoms with Gasteiger partial charge in [-0.3, -0.25) is 9.89 Å². The van der Waals surface area contributed by atoms with Crippen LogP contribution < -0.4 is 14.8 Å². The normalized spacial score (nSPS) is 12.6. The lowest BCUT2D eigenvalue weighted by atomic mass is 10.3. The average molecular weight is 414 g/mol. The van der Waals surface area contributed by atoms with Gasteiger partial charge in [-0.2, -0.15) is 9.82 Å². The Kier molecular flexibility index (Phi) is 7.11. The first kappa shape index (κ1) is 21.1. The average Bonchev–Trinajstić information content (AvgIpc) is 3.00. The van der Waals surface area contributed by atoms with Crippen LogP contribution in [0.3, 0.4) is 0 Å². The second kappa shape index (κ2) is 9.11. The molecule has 3 N–H and O–H groups in total. The zero-order valence-corrected chi connectivity index (χ0v) is 17.0. The number of carbonyl (C=O) groups excluding carboxylic acids is 1. The van der Waals surface area contributed by atoms with Crippen molar-refractivity contribution < 1.29 is 17.9 Å². The maximum Gasteiger partial charge on any atom is 0.241 e. The Morgan fingerprint density at radius 3 is 2.63 bits per heavy atom. The molecule has 0 aliphatic rings. The molecule has 27 heavy (non-hydrogen) atoms. The Labute approximate surface area is 163 Å². The second-order valence-electron chi connectivity index (χ2n) is 5.75. The minimum Gasteiger partial charge on any atom is -0.497 e. The van der Waals surface area contributed by atoms with E-state index < -0.39 is 22.0 Å². The van der Waals surface area contributed by atoms with Crippen molar-refractivity contribution >= 4 is 28.1 Å². The van der Waals surface area contributed by atoms with Crippen molar-refractivity contribution in [3.63, 3.8) is 0 Å². The van der Waals surface area contributed by atoms with Gasteiger partial charge in [-0.1, -0.05) is 0 Å². The molecule has 2 aromatic rings. The van der Waals surface area contributed by atoms with Crippen LogP contribution in [0.1, 0.15) is 19.7 Å². The number of amides is 1. The van der Waals surface area contributed by atoms with Gasteiger partial charge < -0.3 is 14.6 Å². The van der Waals surface area contributed by atoms with E-state index in [1.165, 1.54) is 26.2 Å². The van der Waals surface area contributed by atoms with Crippen LogP contribution in [-0.4, -0.2) is 48.8 Å². The Balaban J connectivity index is 1.91. The second-order valence-corrected chi connectivity index (χ2v) is 7.85. The summed E-state index contributed by atoms with van der Waals surface area (Å²) in [6, 6.07) is 4.99. The van der Waals surface area contributed by atoms with Crippen molar-refractivity contribution in [2.24, 2.45) is 0 Å². The molecule has 1 aromatic heterocycles. The maximum absolute atomic E-state index is 12.4. The van der Waals surface area contributed by atoms with Crippen LogP contribution in [0.4, 0.5) is 0 Å². The molecule has 1 heterocycles. The molecule has 0 aliphatic heterocycles. The maximum atomic E-state index is 12.4. The summed E-state index contributed by atoms with van der Waals surface area (Å²) in [5, 5.41) is 9.52. The van der Waals surface area contributed by atoms with Crippen molar-refractivity contribution in [2.45, 2.75) is 37.8 Å². The Morgan fingerprint density at radius 2 is 2.04 bits per heavy atom. The van der Waals surface area contributed by atoms with E-state index in [1.54, 1.807) is 12.1 Å². The molecular weight excluding hydrogens is 390 g/mol. The molecule has 1 aromatic carbocycles. The summed E-state index contributed by atoms with van der Waals surface area (Å²) in [4.78, 5) is 12.2. The number of carbonyl (C=O) groups is 1. The molecule has 1 atom stereocenters. The number of H-pyrrole nitrogens is 1. The van der Waals surface area contributed by atoms with Crippen molar-refractivity contribution in [3.8, 4) is 5.75 Å². The lowest BCUT2D eigenvalue weighted by Crippen LogP contribution is -2.45. The van der Waals surface area contributed by atoms with Gasteiger partial charge in [-0.15, -0.1) is 0 Å². The Hall–Kier alpha value is -2.24. The number of hydrogen-bond acceptors (Lipinski definition) is 6. The lowest BCUT2D eigenvalue weighted by Gasteiger charge is -2.14. The molecule has 0 spiro atoms. The summed E-state index contributed by atoms with van der Waals surface area (Å²) < 4.78 is 34.5. The lowest BCUT2D eigenvalue weighted by molar-refractivity contribution is -0.122. The molecule has 1 amide bonds. The zero-order chi connectivity index (χ0) is 20.0. The predicted molar refractivity (Wildman–Crippen MR) is 103 cm³/mol. The number of nitrogens with zero attached hydrogens (tertiary/aromatic N) is 2. The molecule has 148 valence electrons. The number of hydrogen-bond donors (Lipinski definition) is 3. The summed E-state index contributed by atoms with van der Waals surface area (Å²) in [7, 11) is -2.32. The zero-order valence-electron chi connectivity index (χ0n) is 15.4. The van der Waals surface area contributed by atoms with Gasteiger partial charge in [0.05, 0.1) is 18.0 Å². The Morgan fingerprint density at radius 1 is 1.37 bits per heavy atom. The molecule has 0 saturated carbocycles. The van der Waals surface area contributed by atoms with Crippen LogP contribution in [0, 0.1) is 4.77 Å². The van der Waals surface area contributed by atoms with Gasteiger partial charge in [0.2, 0.25) is 15.9 Å². The summed E-state index contributed by atoms with van der Waals surface area (Å²) in [6.45, 7) is 4.42. The molecule has 0 saturated heterocycles. The van der Waals surface area contributed by atoms with E-state index in [0.717, 1.165) is 5.82 Å². The number of methoxy groups -OCH3 is 1. The fourth-order valence-electron chi connectivity index (χ4n) is 2.43. The van der Waals surface area contributed by atoms with E-state index in [-0.39, 0.29) is 4.90 Å². The molecule has 0 aliphatic carbocycles. The number of benzene rings is 1. The van der Waals surface area contributed by atoms with Gasteiger partial charge in [0.1, 0.15) is 11.6 Å². The molecule has 9 nitrogen and oxygen atoms in total. The first-order chi connectivity index (χ1) is 12.8. The molecule has 2 rings (SSSR count). The van der Waals surface area contributed by atoms with E-state index in [0.29, 0.717) is 30.0 Å². The van der Waals surface area contributed by atoms with E-state index in [2.05, 4.69) is 20.2 Å². The van der Waals surface area contributed by atoms with E-state index >= 15 is 0 Å². The van der Waals surface area contributed by atoms with Crippen LogP contribution in [0.2, 0.25) is 0 Å². The molecule has 0 unspecified atom stereocenters. The molecule has 11 heteroatoms. The van der Waals surface area contributed by atoms with Crippen LogP contribution in [0.25, 0.3) is 0 Å². The summed E-state index contributed by atoms with van der Waals surface area (Å²) in [5.74, 6) is 0.850. The molecule has 0 bridgehead atoms. The van der Waals surface area contributed by atoms with E-state index in [9.17, 15) is 13.2 Å². The molecule has 0 radical (unpaired) electrons. The monoisotopic (exact) mass is 413 g/mol. The largest absolute Gasteiger partial charge is 0.497 e. The van der Waals surface area contributed by atoms with Gasteiger partial charge >= 0.3 is 0 Å². The summed E-state index contributed by atoms with van der Waals surface area (Å²) in [5.41, 5.74) is 0. The molecular formula is C16H23N5O4S2. The highest BCUT2D eigenvalue weighted by Crippen LogP contribution is 2.15. The summed E-state index contributed by atoms with van der Waals surface area (Å²) >= 11 is 5.11. The minimum atomic E-state index is -3.82. The number of rotatable bonds is 9. The SMILES string of the molecule is CCn1c(CCNC(=O)[C@H](C)NS(=O)(=O)c2ccc(OC)cc2)n[nH]c1=S. The molecule has 0 fully saturated rings. The van der Waals surface area contributed by atoms with Crippen LogP contribution in [0.15, 0.2) is 29.2 Å².